The van der Waals surface area contributed by atoms with E-state index in [1.165, 1.54) is 17.0 Å². The second-order valence-corrected chi connectivity index (χ2v) is 6.89. The van der Waals surface area contributed by atoms with Crippen molar-refractivity contribution in [3.05, 3.63) is 65.2 Å². The van der Waals surface area contributed by atoms with E-state index in [9.17, 15) is 19.8 Å². The van der Waals surface area contributed by atoms with E-state index in [2.05, 4.69) is 0 Å². The first-order chi connectivity index (χ1) is 14.0. The molecule has 1 amide bonds. The predicted octanol–water partition coefficient (Wildman–Crippen LogP) is 4.01. The van der Waals surface area contributed by atoms with E-state index in [0.717, 1.165) is 12.8 Å². The predicted molar refractivity (Wildman–Crippen MR) is 110 cm³/mol. The number of hydrogen-bond donors (Lipinski definition) is 2. The molecule has 3 rings (SSSR count). The standard InChI is InChI=1S/C23H25NO5/c1-3-5-14-24-20(15-6-10-17(25)11-7-15)19(22(27)23(24)28)21(26)16-8-12-18(13-9-16)29-4-2/h6-13,20,25-26H,3-5,14H2,1-2H3/b21-19-. The summed E-state index contributed by atoms with van der Waals surface area (Å²) in [6, 6.07) is 12.4. The van der Waals surface area contributed by atoms with Crippen LogP contribution in [0.4, 0.5) is 0 Å². The Morgan fingerprint density at radius 1 is 1.03 bits per heavy atom. The molecule has 1 atom stereocenters. The number of rotatable bonds is 7. The van der Waals surface area contributed by atoms with Crippen molar-refractivity contribution in [3.8, 4) is 11.5 Å². The molecule has 0 aromatic heterocycles. The summed E-state index contributed by atoms with van der Waals surface area (Å²) in [5.74, 6) is -0.800. The van der Waals surface area contributed by atoms with Crippen molar-refractivity contribution >= 4 is 17.4 Å². The number of carbonyl (C=O) groups is 2. The molecule has 1 aliphatic rings. The van der Waals surface area contributed by atoms with Gasteiger partial charge in [0.2, 0.25) is 0 Å². The highest BCUT2D eigenvalue weighted by atomic mass is 16.5. The van der Waals surface area contributed by atoms with E-state index in [4.69, 9.17) is 4.74 Å². The van der Waals surface area contributed by atoms with Gasteiger partial charge in [-0.1, -0.05) is 25.5 Å². The van der Waals surface area contributed by atoms with Gasteiger partial charge in [0.05, 0.1) is 18.2 Å². The smallest absolute Gasteiger partial charge is 0.295 e. The van der Waals surface area contributed by atoms with E-state index >= 15 is 0 Å². The van der Waals surface area contributed by atoms with Gasteiger partial charge in [-0.15, -0.1) is 0 Å². The van der Waals surface area contributed by atoms with Gasteiger partial charge in [-0.2, -0.15) is 0 Å². The number of Topliss-reactive ketones (excluding diaryl/α,β-unsaturated/α-hetero) is 1. The fraction of sp³-hybridized carbons (Fsp3) is 0.304. The lowest BCUT2D eigenvalue weighted by atomic mass is 9.95. The number of unbranched alkanes of at least 4 members (excludes halogenated alkanes) is 1. The number of aliphatic hydroxyl groups excluding tert-OH is 1. The summed E-state index contributed by atoms with van der Waals surface area (Å²) in [5.41, 5.74) is 1.15. The third-order valence-electron chi connectivity index (χ3n) is 4.94. The fourth-order valence-electron chi connectivity index (χ4n) is 3.47. The van der Waals surface area contributed by atoms with Crippen LogP contribution in [0.15, 0.2) is 54.1 Å². The molecule has 0 saturated carbocycles. The summed E-state index contributed by atoms with van der Waals surface area (Å²) in [5, 5.41) is 20.6. The maximum absolute atomic E-state index is 12.8. The van der Waals surface area contributed by atoms with E-state index in [-0.39, 0.29) is 17.1 Å². The highest BCUT2D eigenvalue weighted by Crippen LogP contribution is 2.40. The number of likely N-dealkylation sites (tertiary alicyclic amines) is 1. The molecule has 1 heterocycles. The molecule has 6 heteroatoms. The second kappa shape index (κ2) is 8.82. The third-order valence-corrected chi connectivity index (χ3v) is 4.94. The number of phenols is 1. The lowest BCUT2D eigenvalue weighted by Gasteiger charge is -2.25. The van der Waals surface area contributed by atoms with Crippen LogP contribution >= 0.6 is 0 Å². The van der Waals surface area contributed by atoms with Crippen LogP contribution in [-0.4, -0.2) is 40.0 Å². The Labute approximate surface area is 170 Å². The van der Waals surface area contributed by atoms with Crippen LogP contribution in [-0.2, 0) is 9.59 Å². The minimum Gasteiger partial charge on any atom is -0.508 e. The van der Waals surface area contributed by atoms with Crippen LogP contribution in [0.5, 0.6) is 11.5 Å². The van der Waals surface area contributed by atoms with Crippen LogP contribution in [0, 0.1) is 0 Å². The Hall–Kier alpha value is -3.28. The Balaban J connectivity index is 2.09. The molecule has 0 radical (unpaired) electrons. The Bertz CT molecular complexity index is 915. The van der Waals surface area contributed by atoms with E-state index in [0.29, 0.717) is 30.0 Å². The minimum atomic E-state index is -0.703. The van der Waals surface area contributed by atoms with Crippen molar-refractivity contribution in [1.82, 2.24) is 4.90 Å². The first kappa shape index (κ1) is 20.5. The van der Waals surface area contributed by atoms with Gasteiger partial charge in [0.1, 0.15) is 17.3 Å². The molecule has 152 valence electrons. The maximum Gasteiger partial charge on any atom is 0.295 e. The first-order valence-corrected chi connectivity index (χ1v) is 9.78. The molecular formula is C23H25NO5. The van der Waals surface area contributed by atoms with Gasteiger partial charge in [-0.25, -0.2) is 0 Å². The van der Waals surface area contributed by atoms with Crippen molar-refractivity contribution in [2.75, 3.05) is 13.2 Å². The molecule has 2 N–H and O–H groups in total. The van der Waals surface area contributed by atoms with Crippen molar-refractivity contribution in [2.45, 2.75) is 32.7 Å². The van der Waals surface area contributed by atoms with E-state index < -0.39 is 17.7 Å². The molecule has 1 unspecified atom stereocenters. The zero-order valence-electron chi connectivity index (χ0n) is 16.6. The molecule has 0 aliphatic carbocycles. The zero-order chi connectivity index (χ0) is 21.0. The number of carbonyl (C=O) groups excluding carboxylic acids is 2. The lowest BCUT2D eigenvalue weighted by molar-refractivity contribution is -0.139. The number of benzene rings is 2. The molecule has 2 aromatic rings. The molecule has 0 bridgehead atoms. The fourth-order valence-corrected chi connectivity index (χ4v) is 3.47. The monoisotopic (exact) mass is 395 g/mol. The topological polar surface area (TPSA) is 87.1 Å². The Morgan fingerprint density at radius 3 is 2.28 bits per heavy atom. The third kappa shape index (κ3) is 4.11. The van der Waals surface area contributed by atoms with Crippen molar-refractivity contribution in [1.29, 1.82) is 0 Å². The highest BCUT2D eigenvalue weighted by Gasteiger charge is 2.45. The Morgan fingerprint density at radius 2 is 1.69 bits per heavy atom. The van der Waals surface area contributed by atoms with Crippen LogP contribution in [0.3, 0.4) is 0 Å². The summed E-state index contributed by atoms with van der Waals surface area (Å²) in [6.45, 7) is 4.82. The van der Waals surface area contributed by atoms with E-state index in [1.807, 2.05) is 13.8 Å². The SMILES string of the molecule is CCCCN1C(=O)C(=O)/C(=C(\O)c2ccc(OCC)cc2)C1c1ccc(O)cc1. The molecule has 1 saturated heterocycles. The van der Waals surface area contributed by atoms with Crippen LogP contribution < -0.4 is 4.74 Å². The van der Waals surface area contributed by atoms with Crippen LogP contribution in [0.2, 0.25) is 0 Å². The number of phenolic OH excluding ortho intramolecular Hbond substituents is 1. The van der Waals surface area contributed by atoms with Gasteiger partial charge in [0.25, 0.3) is 11.7 Å². The van der Waals surface area contributed by atoms with Gasteiger partial charge in [0.15, 0.2) is 0 Å². The Kier molecular flexibility index (Phi) is 6.22. The number of ketones is 1. The quantitative estimate of drug-likeness (QED) is 0.420. The number of aromatic hydroxyl groups is 1. The average molecular weight is 395 g/mol. The van der Waals surface area contributed by atoms with Gasteiger partial charge < -0.3 is 19.8 Å². The van der Waals surface area contributed by atoms with E-state index in [1.54, 1.807) is 36.4 Å². The normalized spacial score (nSPS) is 18.3. The first-order valence-electron chi connectivity index (χ1n) is 9.78. The summed E-state index contributed by atoms with van der Waals surface area (Å²) in [7, 11) is 0. The zero-order valence-corrected chi connectivity index (χ0v) is 16.6. The number of ether oxygens (including phenoxy) is 1. The van der Waals surface area contributed by atoms with Gasteiger partial charge in [-0.05, 0) is 55.3 Å². The molecular weight excluding hydrogens is 370 g/mol. The number of aliphatic hydroxyl groups is 1. The minimum absolute atomic E-state index is 0.0564. The molecule has 6 nitrogen and oxygen atoms in total. The summed E-state index contributed by atoms with van der Waals surface area (Å²) >= 11 is 0. The molecule has 2 aromatic carbocycles. The maximum atomic E-state index is 12.8. The molecule has 0 spiro atoms. The summed E-state index contributed by atoms with van der Waals surface area (Å²) in [4.78, 5) is 27.0. The van der Waals surface area contributed by atoms with Crippen LogP contribution in [0.1, 0.15) is 43.9 Å². The highest BCUT2D eigenvalue weighted by molar-refractivity contribution is 6.46. The summed E-state index contributed by atoms with van der Waals surface area (Å²) < 4.78 is 5.42. The van der Waals surface area contributed by atoms with Gasteiger partial charge in [0, 0.05) is 12.1 Å². The molecule has 1 fully saturated rings. The largest absolute Gasteiger partial charge is 0.508 e. The molecule has 29 heavy (non-hydrogen) atoms. The van der Waals surface area contributed by atoms with Gasteiger partial charge in [-0.3, -0.25) is 9.59 Å². The molecule has 1 aliphatic heterocycles. The number of amides is 1. The number of hydrogen-bond acceptors (Lipinski definition) is 5. The average Bonchev–Trinajstić information content (AvgIpc) is 2.98. The second-order valence-electron chi connectivity index (χ2n) is 6.89. The number of nitrogens with zero attached hydrogens (tertiary/aromatic N) is 1. The van der Waals surface area contributed by atoms with Crippen LogP contribution in [0.25, 0.3) is 5.76 Å². The van der Waals surface area contributed by atoms with Crippen molar-refractivity contribution in [2.24, 2.45) is 0 Å². The van der Waals surface area contributed by atoms with Crippen molar-refractivity contribution in [3.63, 3.8) is 0 Å². The van der Waals surface area contributed by atoms with Gasteiger partial charge >= 0.3 is 0 Å². The lowest BCUT2D eigenvalue weighted by Crippen LogP contribution is -2.30. The summed E-state index contributed by atoms with van der Waals surface area (Å²) in [6.07, 6.45) is 1.61. The van der Waals surface area contributed by atoms with Crippen molar-refractivity contribution < 1.29 is 24.5 Å².